The molecule has 0 aliphatic heterocycles. The van der Waals surface area contributed by atoms with Crippen molar-refractivity contribution in [3.05, 3.63) is 93.8 Å². The normalized spacial score (nSPS) is 13.7. The Morgan fingerprint density at radius 2 is 1.32 bits per heavy atom. The summed E-state index contributed by atoms with van der Waals surface area (Å²) in [5.41, 5.74) is 2.96. The van der Waals surface area contributed by atoms with E-state index in [0.717, 1.165) is 5.56 Å². The van der Waals surface area contributed by atoms with E-state index < -0.39 is 5.78 Å². The summed E-state index contributed by atoms with van der Waals surface area (Å²) in [7, 11) is 0. The van der Waals surface area contributed by atoms with Crippen molar-refractivity contribution in [2.75, 3.05) is 0 Å². The van der Waals surface area contributed by atoms with Gasteiger partial charge in [-0.25, -0.2) is 0 Å². The van der Waals surface area contributed by atoms with E-state index in [1.807, 2.05) is 31.2 Å². The molecule has 4 nitrogen and oxygen atoms in total. The van der Waals surface area contributed by atoms with Gasteiger partial charge in [0.05, 0.1) is 11.1 Å². The molecule has 0 atom stereocenters. The monoisotopic (exact) mass is 370 g/mol. The zero-order valence-corrected chi connectivity index (χ0v) is 15.8. The summed E-state index contributed by atoms with van der Waals surface area (Å²) in [6.07, 6.45) is 0. The molecule has 0 saturated carbocycles. The van der Waals surface area contributed by atoms with Crippen LogP contribution in [0.2, 0.25) is 0 Å². The second kappa shape index (κ2) is 6.57. The number of fused-ring (bicyclic) bond motifs is 1. The van der Waals surface area contributed by atoms with Gasteiger partial charge in [0.2, 0.25) is 5.78 Å². The van der Waals surface area contributed by atoms with Gasteiger partial charge in [0, 0.05) is 22.3 Å². The van der Waals surface area contributed by atoms with E-state index in [1.165, 1.54) is 0 Å². The fraction of sp³-hybridized carbons (Fsp3) is 0.125. The van der Waals surface area contributed by atoms with E-state index in [4.69, 9.17) is 4.42 Å². The van der Waals surface area contributed by atoms with Crippen LogP contribution in [0.1, 0.15) is 56.2 Å². The van der Waals surface area contributed by atoms with Crippen molar-refractivity contribution in [1.29, 1.82) is 0 Å². The van der Waals surface area contributed by atoms with Crippen molar-refractivity contribution < 1.29 is 18.8 Å². The molecule has 138 valence electrons. The minimum absolute atomic E-state index is 0.0696. The average Bonchev–Trinajstić information content (AvgIpc) is 3.11. The molecule has 1 heterocycles. The highest BCUT2D eigenvalue weighted by atomic mass is 16.4. The Bertz CT molecular complexity index is 1180. The van der Waals surface area contributed by atoms with Crippen LogP contribution in [0.25, 0.3) is 11.3 Å². The molecule has 0 radical (unpaired) electrons. The summed E-state index contributed by atoms with van der Waals surface area (Å²) in [4.78, 5) is 39.2. The molecule has 1 aliphatic rings. The highest BCUT2D eigenvalue weighted by Gasteiger charge is 2.39. The van der Waals surface area contributed by atoms with Crippen molar-refractivity contribution in [3.63, 3.8) is 0 Å². The quantitative estimate of drug-likeness (QED) is 0.594. The van der Waals surface area contributed by atoms with Crippen LogP contribution >= 0.6 is 0 Å². The number of benzene rings is 2. The second-order valence-corrected chi connectivity index (χ2v) is 6.93. The largest absolute Gasteiger partial charge is 0.451 e. The summed E-state index contributed by atoms with van der Waals surface area (Å²) in [6.45, 7) is 5.13. The minimum Gasteiger partial charge on any atom is -0.451 e. The van der Waals surface area contributed by atoms with Gasteiger partial charge in [-0.3, -0.25) is 14.4 Å². The first-order valence-electron chi connectivity index (χ1n) is 9.01. The Morgan fingerprint density at radius 1 is 0.750 bits per heavy atom. The van der Waals surface area contributed by atoms with Crippen molar-refractivity contribution >= 4 is 17.3 Å². The third kappa shape index (κ3) is 2.57. The number of rotatable bonds is 3. The molecule has 4 rings (SSSR count). The van der Waals surface area contributed by atoms with Gasteiger partial charge in [0.15, 0.2) is 17.3 Å². The van der Waals surface area contributed by atoms with Crippen molar-refractivity contribution in [1.82, 2.24) is 0 Å². The molecular weight excluding hydrogens is 352 g/mol. The van der Waals surface area contributed by atoms with Crippen LogP contribution in [0.15, 0.2) is 70.2 Å². The molecule has 0 fully saturated rings. The summed E-state index contributed by atoms with van der Waals surface area (Å²) < 4.78 is 5.97. The molecule has 1 aliphatic carbocycles. The van der Waals surface area contributed by atoms with Gasteiger partial charge in [-0.2, -0.15) is 0 Å². The molecule has 1 aromatic heterocycles. The fourth-order valence-electron chi connectivity index (χ4n) is 3.48. The molecule has 0 bridgehead atoms. The van der Waals surface area contributed by atoms with Crippen molar-refractivity contribution in [2.45, 2.75) is 20.8 Å². The van der Waals surface area contributed by atoms with Crippen LogP contribution in [0.4, 0.5) is 0 Å². The molecule has 28 heavy (non-hydrogen) atoms. The van der Waals surface area contributed by atoms with Crippen LogP contribution in [0.5, 0.6) is 0 Å². The molecule has 4 heteroatoms. The van der Waals surface area contributed by atoms with E-state index in [0.29, 0.717) is 22.3 Å². The van der Waals surface area contributed by atoms with Gasteiger partial charge in [0.1, 0.15) is 5.76 Å². The van der Waals surface area contributed by atoms with E-state index in [-0.39, 0.29) is 34.2 Å². The highest BCUT2D eigenvalue weighted by Crippen LogP contribution is 2.40. The first-order valence-corrected chi connectivity index (χ1v) is 9.01. The number of Topliss-reactive ketones (excluding diaryl/α,β-unsaturated/α-hetero) is 2. The third-order valence-corrected chi connectivity index (χ3v) is 5.24. The lowest BCUT2D eigenvalue weighted by atomic mass is 9.83. The number of ketones is 3. The zero-order chi connectivity index (χ0) is 20.0. The topological polar surface area (TPSA) is 64.3 Å². The Hall–Kier alpha value is -3.53. The number of furan rings is 1. The van der Waals surface area contributed by atoms with Crippen molar-refractivity contribution in [3.8, 4) is 11.3 Å². The van der Waals surface area contributed by atoms with E-state index in [9.17, 15) is 14.4 Å². The number of allylic oxidation sites excluding steroid dienone is 2. The number of aryl methyl sites for hydroxylation is 1. The predicted molar refractivity (Wildman–Crippen MR) is 106 cm³/mol. The predicted octanol–water partition coefficient (Wildman–Crippen LogP) is 5.20. The van der Waals surface area contributed by atoms with E-state index >= 15 is 0 Å². The van der Waals surface area contributed by atoms with Crippen LogP contribution in [-0.2, 0) is 0 Å². The standard InChI is InChI=1S/C24H18O4/c1-13-9-7-8-12-17(13)23-18-19(21(26)15(3)14(2)20(18)25)24(28-23)22(27)16-10-5-4-6-11-16/h4-12H,1-3H3. The Labute approximate surface area is 162 Å². The first-order chi connectivity index (χ1) is 13.4. The van der Waals surface area contributed by atoms with E-state index in [2.05, 4.69) is 0 Å². The number of carbonyl (C=O) groups is 3. The van der Waals surface area contributed by atoms with Gasteiger partial charge in [-0.1, -0.05) is 54.6 Å². The van der Waals surface area contributed by atoms with E-state index in [1.54, 1.807) is 44.2 Å². The maximum absolute atomic E-state index is 13.1. The van der Waals surface area contributed by atoms with Crippen LogP contribution in [-0.4, -0.2) is 17.3 Å². The number of hydrogen-bond donors (Lipinski definition) is 0. The zero-order valence-electron chi connectivity index (χ0n) is 15.8. The van der Waals surface area contributed by atoms with Gasteiger partial charge in [-0.05, 0) is 26.3 Å². The van der Waals surface area contributed by atoms with Gasteiger partial charge < -0.3 is 4.42 Å². The molecule has 0 saturated heterocycles. The molecular formula is C24H18O4. The summed E-state index contributed by atoms with van der Waals surface area (Å²) in [6, 6.07) is 16.0. The Morgan fingerprint density at radius 3 is 1.96 bits per heavy atom. The van der Waals surface area contributed by atoms with Crippen LogP contribution in [0.3, 0.4) is 0 Å². The lowest BCUT2D eigenvalue weighted by molar-refractivity contribution is 0.0965. The molecule has 0 N–H and O–H groups in total. The summed E-state index contributed by atoms with van der Waals surface area (Å²) in [5.74, 6) is -0.830. The van der Waals surface area contributed by atoms with Gasteiger partial charge in [0.25, 0.3) is 0 Å². The lowest BCUT2D eigenvalue weighted by Gasteiger charge is -2.14. The van der Waals surface area contributed by atoms with Gasteiger partial charge in [-0.15, -0.1) is 0 Å². The summed E-state index contributed by atoms with van der Waals surface area (Å²) >= 11 is 0. The van der Waals surface area contributed by atoms with Crippen LogP contribution in [0, 0.1) is 6.92 Å². The number of hydrogen-bond acceptors (Lipinski definition) is 4. The Balaban J connectivity index is 2.03. The third-order valence-electron chi connectivity index (χ3n) is 5.24. The number of carbonyl (C=O) groups excluding carboxylic acids is 3. The van der Waals surface area contributed by atoms with Gasteiger partial charge >= 0.3 is 0 Å². The maximum Gasteiger partial charge on any atom is 0.229 e. The average molecular weight is 370 g/mol. The smallest absolute Gasteiger partial charge is 0.229 e. The molecule has 3 aromatic rings. The van der Waals surface area contributed by atoms with Crippen LogP contribution < -0.4 is 0 Å². The van der Waals surface area contributed by atoms with Crippen molar-refractivity contribution in [2.24, 2.45) is 0 Å². The fourth-order valence-corrected chi connectivity index (χ4v) is 3.48. The molecule has 2 aromatic carbocycles. The molecule has 0 unspecified atom stereocenters. The molecule has 0 amide bonds. The lowest BCUT2D eigenvalue weighted by Crippen LogP contribution is -2.21. The molecule has 0 spiro atoms. The highest BCUT2D eigenvalue weighted by molar-refractivity contribution is 6.31. The second-order valence-electron chi connectivity index (χ2n) is 6.93. The summed E-state index contributed by atoms with van der Waals surface area (Å²) in [5, 5.41) is 0. The minimum atomic E-state index is -0.412. The first kappa shape index (κ1) is 17.9. The maximum atomic E-state index is 13.1. The Kier molecular flexibility index (Phi) is 4.19. The SMILES string of the molecule is CC1=C(C)C(=O)c2c(-c3ccccc3C)oc(C(=O)c3ccccc3)c2C1=O.